The molecule has 0 aliphatic carbocycles. The van der Waals surface area contributed by atoms with Gasteiger partial charge in [0.25, 0.3) is 0 Å². The summed E-state index contributed by atoms with van der Waals surface area (Å²) in [5, 5.41) is 3.25. The maximum atomic E-state index is 12.9. The molecule has 0 radical (unpaired) electrons. The average Bonchev–Trinajstić information content (AvgIpc) is 2.32. The van der Waals surface area contributed by atoms with Gasteiger partial charge in [-0.25, -0.2) is 4.39 Å². The van der Waals surface area contributed by atoms with Crippen LogP contribution in [0.15, 0.2) is 42.5 Å². The maximum Gasteiger partial charge on any atom is 0.141 e. The summed E-state index contributed by atoms with van der Waals surface area (Å²) in [6, 6.07) is 12.1. The molecule has 0 saturated heterocycles. The van der Waals surface area contributed by atoms with E-state index in [1.54, 1.807) is 12.1 Å². The molecular formula is C13H12ClFN2. The number of benzene rings is 2. The molecule has 0 heterocycles. The van der Waals surface area contributed by atoms with Crippen LogP contribution in [0.25, 0.3) is 0 Å². The van der Waals surface area contributed by atoms with E-state index in [1.807, 2.05) is 24.3 Å². The number of halogens is 2. The topological polar surface area (TPSA) is 38.0 Å². The smallest absolute Gasteiger partial charge is 0.141 e. The first kappa shape index (κ1) is 11.7. The minimum absolute atomic E-state index is 0.107. The molecule has 2 rings (SSSR count). The third-order valence-electron chi connectivity index (χ3n) is 2.46. The van der Waals surface area contributed by atoms with Gasteiger partial charge in [-0.1, -0.05) is 29.8 Å². The summed E-state index contributed by atoms with van der Waals surface area (Å²) < 4.78 is 12.9. The van der Waals surface area contributed by atoms with E-state index in [0.717, 1.165) is 16.9 Å². The lowest BCUT2D eigenvalue weighted by atomic mass is 10.2. The minimum atomic E-state index is -0.420. The number of nitrogen functional groups attached to an aromatic ring is 1. The number of hydrogen-bond acceptors (Lipinski definition) is 2. The van der Waals surface area contributed by atoms with Gasteiger partial charge in [0.2, 0.25) is 0 Å². The van der Waals surface area contributed by atoms with E-state index in [9.17, 15) is 4.39 Å². The summed E-state index contributed by atoms with van der Waals surface area (Å²) in [5.74, 6) is -0.420. The van der Waals surface area contributed by atoms with Crippen molar-refractivity contribution in [1.82, 2.24) is 0 Å². The molecule has 0 bridgehead atoms. The van der Waals surface area contributed by atoms with Gasteiger partial charge >= 0.3 is 0 Å². The van der Waals surface area contributed by atoms with E-state index >= 15 is 0 Å². The SMILES string of the molecule is Nc1ccccc1CNc1ccc(F)c(Cl)c1. The Labute approximate surface area is 104 Å². The molecule has 4 heteroatoms. The van der Waals surface area contributed by atoms with Crippen molar-refractivity contribution in [2.24, 2.45) is 0 Å². The standard InChI is InChI=1S/C13H12ClFN2/c14-11-7-10(5-6-12(11)15)17-8-9-3-1-2-4-13(9)16/h1-7,17H,8,16H2. The number of hydrogen-bond donors (Lipinski definition) is 2. The molecular weight excluding hydrogens is 239 g/mol. The number of para-hydroxylation sites is 1. The van der Waals surface area contributed by atoms with E-state index in [4.69, 9.17) is 17.3 Å². The quantitative estimate of drug-likeness (QED) is 0.816. The lowest BCUT2D eigenvalue weighted by Crippen LogP contribution is -2.02. The number of nitrogens with one attached hydrogen (secondary N) is 1. The van der Waals surface area contributed by atoms with Gasteiger partial charge < -0.3 is 11.1 Å². The first-order valence-corrected chi connectivity index (χ1v) is 5.57. The predicted molar refractivity (Wildman–Crippen MR) is 69.6 cm³/mol. The van der Waals surface area contributed by atoms with Crippen LogP contribution in [0.2, 0.25) is 5.02 Å². The molecule has 0 spiro atoms. The zero-order valence-corrected chi connectivity index (χ0v) is 9.84. The molecule has 3 N–H and O–H groups in total. The van der Waals surface area contributed by atoms with Crippen molar-refractivity contribution in [1.29, 1.82) is 0 Å². The lowest BCUT2D eigenvalue weighted by Gasteiger charge is -2.09. The van der Waals surface area contributed by atoms with Crippen molar-refractivity contribution in [2.75, 3.05) is 11.1 Å². The molecule has 0 amide bonds. The molecule has 2 nitrogen and oxygen atoms in total. The molecule has 0 unspecified atom stereocenters. The van der Waals surface area contributed by atoms with Gasteiger partial charge in [-0.2, -0.15) is 0 Å². The van der Waals surface area contributed by atoms with Crippen molar-refractivity contribution in [3.05, 3.63) is 58.9 Å². The fourth-order valence-electron chi connectivity index (χ4n) is 1.50. The molecule has 0 saturated carbocycles. The van der Waals surface area contributed by atoms with Crippen LogP contribution in [0.4, 0.5) is 15.8 Å². The van der Waals surface area contributed by atoms with Crippen molar-refractivity contribution < 1.29 is 4.39 Å². The Balaban J connectivity index is 2.08. The third-order valence-corrected chi connectivity index (χ3v) is 2.75. The second kappa shape index (κ2) is 5.06. The average molecular weight is 251 g/mol. The van der Waals surface area contributed by atoms with Crippen molar-refractivity contribution in [2.45, 2.75) is 6.54 Å². The monoisotopic (exact) mass is 250 g/mol. The second-order valence-electron chi connectivity index (χ2n) is 3.68. The van der Waals surface area contributed by atoms with Gasteiger partial charge in [0, 0.05) is 17.9 Å². The normalized spacial score (nSPS) is 10.2. The Kier molecular flexibility index (Phi) is 3.49. The second-order valence-corrected chi connectivity index (χ2v) is 4.09. The molecule has 0 fully saturated rings. The predicted octanol–water partition coefficient (Wildman–Crippen LogP) is 3.67. The molecule has 88 valence electrons. The van der Waals surface area contributed by atoms with Gasteiger partial charge in [0.05, 0.1) is 5.02 Å². The van der Waals surface area contributed by atoms with Crippen LogP contribution in [-0.2, 0) is 6.54 Å². The highest BCUT2D eigenvalue weighted by atomic mass is 35.5. The summed E-state index contributed by atoms with van der Waals surface area (Å²) in [5.41, 5.74) is 8.30. The fraction of sp³-hybridized carbons (Fsp3) is 0.0769. The van der Waals surface area contributed by atoms with E-state index in [0.29, 0.717) is 6.54 Å². The number of nitrogens with two attached hydrogens (primary N) is 1. The van der Waals surface area contributed by atoms with Crippen LogP contribution in [-0.4, -0.2) is 0 Å². The number of rotatable bonds is 3. The van der Waals surface area contributed by atoms with Crippen molar-refractivity contribution >= 4 is 23.0 Å². The van der Waals surface area contributed by atoms with E-state index < -0.39 is 5.82 Å². The van der Waals surface area contributed by atoms with Gasteiger partial charge in [0.1, 0.15) is 5.82 Å². The van der Waals surface area contributed by atoms with E-state index in [-0.39, 0.29) is 5.02 Å². The lowest BCUT2D eigenvalue weighted by molar-refractivity contribution is 0.628. The molecule has 2 aromatic rings. The van der Waals surface area contributed by atoms with Gasteiger partial charge in [0.15, 0.2) is 0 Å². The Morgan fingerprint density at radius 1 is 1.18 bits per heavy atom. The van der Waals surface area contributed by atoms with Crippen LogP contribution >= 0.6 is 11.6 Å². The first-order valence-electron chi connectivity index (χ1n) is 5.19. The van der Waals surface area contributed by atoms with Crippen LogP contribution in [0.5, 0.6) is 0 Å². The summed E-state index contributed by atoms with van der Waals surface area (Å²) in [6.07, 6.45) is 0. The maximum absolute atomic E-state index is 12.9. The third kappa shape index (κ3) is 2.88. The molecule has 0 atom stereocenters. The van der Waals surface area contributed by atoms with E-state index in [1.165, 1.54) is 6.07 Å². The highest BCUT2D eigenvalue weighted by molar-refractivity contribution is 6.31. The summed E-state index contributed by atoms with van der Waals surface area (Å²) in [6.45, 7) is 0.578. The number of anilines is 2. The molecule has 2 aromatic carbocycles. The Hall–Kier alpha value is -1.74. The zero-order valence-electron chi connectivity index (χ0n) is 9.08. The van der Waals surface area contributed by atoms with Gasteiger partial charge in [-0.15, -0.1) is 0 Å². The Morgan fingerprint density at radius 2 is 1.94 bits per heavy atom. The largest absolute Gasteiger partial charge is 0.398 e. The highest BCUT2D eigenvalue weighted by Gasteiger charge is 2.01. The van der Waals surface area contributed by atoms with Gasteiger partial charge in [-0.05, 0) is 29.8 Å². The zero-order chi connectivity index (χ0) is 12.3. The molecule has 17 heavy (non-hydrogen) atoms. The van der Waals surface area contributed by atoms with Crippen LogP contribution in [0.3, 0.4) is 0 Å². The molecule has 0 aliphatic heterocycles. The van der Waals surface area contributed by atoms with Gasteiger partial charge in [-0.3, -0.25) is 0 Å². The van der Waals surface area contributed by atoms with Crippen LogP contribution in [0.1, 0.15) is 5.56 Å². The minimum Gasteiger partial charge on any atom is -0.398 e. The fourth-order valence-corrected chi connectivity index (χ4v) is 1.68. The summed E-state index contributed by atoms with van der Waals surface area (Å²) in [7, 11) is 0. The Bertz CT molecular complexity index is 529. The highest BCUT2D eigenvalue weighted by Crippen LogP contribution is 2.20. The first-order chi connectivity index (χ1) is 8.16. The van der Waals surface area contributed by atoms with Crippen LogP contribution < -0.4 is 11.1 Å². The molecule has 0 aliphatic rings. The Morgan fingerprint density at radius 3 is 2.65 bits per heavy atom. The van der Waals surface area contributed by atoms with Crippen molar-refractivity contribution in [3.63, 3.8) is 0 Å². The van der Waals surface area contributed by atoms with E-state index in [2.05, 4.69) is 5.32 Å². The molecule has 0 aromatic heterocycles. The summed E-state index contributed by atoms with van der Waals surface area (Å²) in [4.78, 5) is 0. The summed E-state index contributed by atoms with van der Waals surface area (Å²) >= 11 is 5.69. The van der Waals surface area contributed by atoms with Crippen molar-refractivity contribution in [3.8, 4) is 0 Å². The van der Waals surface area contributed by atoms with Crippen LogP contribution in [0, 0.1) is 5.82 Å².